The van der Waals surface area contributed by atoms with Crippen LogP contribution in [0.3, 0.4) is 0 Å². The molecule has 0 amide bonds. The van der Waals surface area contributed by atoms with Crippen LogP contribution in [0.2, 0.25) is 0 Å². The Bertz CT molecular complexity index is 422. The van der Waals surface area contributed by atoms with Gasteiger partial charge >= 0.3 is 0 Å². The van der Waals surface area contributed by atoms with Crippen molar-refractivity contribution in [3.63, 3.8) is 0 Å². The number of hydrogen-bond donors (Lipinski definition) is 1. The Morgan fingerprint density at radius 2 is 2.08 bits per heavy atom. The van der Waals surface area contributed by atoms with E-state index in [0.717, 1.165) is 5.56 Å². The average molecular weight is 169 g/mol. The first kappa shape index (κ1) is 7.50. The summed E-state index contributed by atoms with van der Waals surface area (Å²) in [6, 6.07) is 9.14. The van der Waals surface area contributed by atoms with Gasteiger partial charge in [0.25, 0.3) is 0 Å². The van der Waals surface area contributed by atoms with E-state index in [4.69, 9.17) is 5.26 Å². The fraction of sp³-hybridized carbons (Fsp3) is 0. The van der Waals surface area contributed by atoms with E-state index in [-0.39, 0.29) is 0 Å². The van der Waals surface area contributed by atoms with Gasteiger partial charge < -0.3 is 4.98 Å². The summed E-state index contributed by atoms with van der Waals surface area (Å²) in [4.78, 5) is 2.76. The van der Waals surface area contributed by atoms with Gasteiger partial charge in [-0.2, -0.15) is 5.26 Å². The van der Waals surface area contributed by atoms with Gasteiger partial charge in [0.15, 0.2) is 12.2 Å². The van der Waals surface area contributed by atoms with Gasteiger partial charge in [0, 0.05) is 5.56 Å². The van der Waals surface area contributed by atoms with Crippen molar-refractivity contribution in [2.24, 2.45) is 0 Å². The van der Waals surface area contributed by atoms with Crippen LogP contribution >= 0.6 is 0 Å². The van der Waals surface area contributed by atoms with Crippen LogP contribution < -0.4 is 0 Å². The lowest BCUT2D eigenvalue weighted by atomic mass is 10.1. The molecule has 1 heterocycles. The lowest BCUT2D eigenvalue weighted by molar-refractivity contribution is 1.09. The molecule has 0 saturated heterocycles. The number of nitrogens with zero attached hydrogens (tertiary/aromatic N) is 3. The van der Waals surface area contributed by atoms with Gasteiger partial charge in [-0.3, -0.25) is 0 Å². The maximum absolute atomic E-state index is 8.57. The second-order valence-corrected chi connectivity index (χ2v) is 2.47. The Balaban J connectivity index is 2.40. The average Bonchev–Trinajstić information content (AvgIpc) is 2.71. The molecular weight excluding hydrogens is 164 g/mol. The van der Waals surface area contributed by atoms with E-state index in [0.29, 0.717) is 11.4 Å². The summed E-state index contributed by atoms with van der Waals surface area (Å²) in [6.45, 7) is 0. The molecule has 1 radical (unpaired) electrons. The Kier molecular flexibility index (Phi) is 1.77. The Morgan fingerprint density at radius 3 is 2.62 bits per heavy atom. The SMILES string of the molecule is N#Cc1ccc(-c2nn[c][nH]2)cc1. The standard InChI is InChI=1S/C9H5N4/c10-5-7-1-3-8(4-2-7)9-11-6-12-13-9/h1-4H,(H,11,12,13). The number of hydrogen-bond acceptors (Lipinski definition) is 3. The highest BCUT2D eigenvalue weighted by atomic mass is 15.2. The van der Waals surface area contributed by atoms with Crippen LogP contribution in [0.15, 0.2) is 24.3 Å². The number of rotatable bonds is 1. The molecule has 61 valence electrons. The number of aromatic nitrogens is 3. The zero-order valence-electron chi connectivity index (χ0n) is 6.65. The van der Waals surface area contributed by atoms with E-state index >= 15 is 0 Å². The highest BCUT2D eigenvalue weighted by Gasteiger charge is 1.99. The fourth-order valence-electron chi connectivity index (χ4n) is 1.01. The van der Waals surface area contributed by atoms with Gasteiger partial charge in [-0.1, -0.05) is 0 Å². The van der Waals surface area contributed by atoms with E-state index in [1.54, 1.807) is 12.1 Å². The van der Waals surface area contributed by atoms with Crippen molar-refractivity contribution in [1.82, 2.24) is 15.2 Å². The third-order valence-electron chi connectivity index (χ3n) is 1.66. The van der Waals surface area contributed by atoms with E-state index in [1.807, 2.05) is 18.2 Å². The van der Waals surface area contributed by atoms with Gasteiger partial charge in [-0.25, -0.2) is 0 Å². The zero-order chi connectivity index (χ0) is 9.10. The fourth-order valence-corrected chi connectivity index (χ4v) is 1.01. The molecule has 0 fully saturated rings. The first-order chi connectivity index (χ1) is 6.40. The Hall–Kier alpha value is -2.15. The molecule has 0 aliphatic heterocycles. The Morgan fingerprint density at radius 1 is 1.31 bits per heavy atom. The van der Waals surface area contributed by atoms with Gasteiger partial charge in [0.2, 0.25) is 0 Å². The molecule has 2 aromatic rings. The zero-order valence-corrected chi connectivity index (χ0v) is 6.65. The summed E-state index contributed by atoms with van der Waals surface area (Å²) in [5.74, 6) is 0.657. The number of H-pyrrole nitrogens is 1. The minimum Gasteiger partial charge on any atom is -0.318 e. The summed E-state index contributed by atoms with van der Waals surface area (Å²) in [6.07, 6.45) is 2.51. The number of nitriles is 1. The van der Waals surface area contributed by atoms with Gasteiger partial charge in [0.05, 0.1) is 11.6 Å². The molecule has 0 spiro atoms. The van der Waals surface area contributed by atoms with Crippen LogP contribution in [-0.4, -0.2) is 15.2 Å². The highest BCUT2D eigenvalue weighted by Crippen LogP contribution is 2.13. The molecule has 2 rings (SSSR count). The number of aromatic amines is 1. The van der Waals surface area contributed by atoms with Crippen molar-refractivity contribution in [2.45, 2.75) is 0 Å². The maximum atomic E-state index is 8.57. The van der Waals surface area contributed by atoms with Crippen LogP contribution in [0.5, 0.6) is 0 Å². The maximum Gasteiger partial charge on any atom is 0.199 e. The van der Waals surface area contributed by atoms with Crippen LogP contribution in [0, 0.1) is 17.7 Å². The third kappa shape index (κ3) is 1.40. The molecule has 4 heteroatoms. The normalized spacial score (nSPS) is 9.46. The van der Waals surface area contributed by atoms with Crippen molar-refractivity contribution < 1.29 is 0 Å². The van der Waals surface area contributed by atoms with Crippen LogP contribution in [0.4, 0.5) is 0 Å². The molecule has 1 N–H and O–H groups in total. The molecule has 0 aliphatic carbocycles. The van der Waals surface area contributed by atoms with Crippen LogP contribution in [-0.2, 0) is 0 Å². The van der Waals surface area contributed by atoms with Crippen LogP contribution in [0.1, 0.15) is 5.56 Å². The van der Waals surface area contributed by atoms with Gasteiger partial charge in [-0.05, 0) is 24.3 Å². The summed E-state index contributed by atoms with van der Waals surface area (Å²) in [7, 11) is 0. The summed E-state index contributed by atoms with van der Waals surface area (Å²) in [5, 5.41) is 15.9. The van der Waals surface area contributed by atoms with E-state index in [1.165, 1.54) is 0 Å². The lowest BCUT2D eigenvalue weighted by Gasteiger charge is -1.93. The number of benzene rings is 1. The summed E-state index contributed by atoms with van der Waals surface area (Å²) >= 11 is 0. The van der Waals surface area contributed by atoms with Gasteiger partial charge in [-0.15, -0.1) is 10.2 Å². The monoisotopic (exact) mass is 169 g/mol. The summed E-state index contributed by atoms with van der Waals surface area (Å²) in [5.41, 5.74) is 1.53. The van der Waals surface area contributed by atoms with Crippen molar-refractivity contribution in [3.05, 3.63) is 36.2 Å². The molecule has 1 aromatic carbocycles. The highest BCUT2D eigenvalue weighted by molar-refractivity contribution is 5.55. The smallest absolute Gasteiger partial charge is 0.199 e. The minimum atomic E-state index is 0.632. The largest absolute Gasteiger partial charge is 0.318 e. The minimum absolute atomic E-state index is 0.632. The molecule has 13 heavy (non-hydrogen) atoms. The molecule has 0 saturated carbocycles. The molecule has 4 nitrogen and oxygen atoms in total. The summed E-state index contributed by atoms with van der Waals surface area (Å²) < 4.78 is 0. The predicted octanol–water partition coefficient (Wildman–Crippen LogP) is 1.14. The van der Waals surface area contributed by atoms with E-state index in [9.17, 15) is 0 Å². The second-order valence-electron chi connectivity index (χ2n) is 2.47. The van der Waals surface area contributed by atoms with E-state index < -0.39 is 0 Å². The molecule has 1 aromatic heterocycles. The molecule has 0 bridgehead atoms. The topological polar surface area (TPSA) is 65.4 Å². The van der Waals surface area contributed by atoms with Crippen molar-refractivity contribution in [1.29, 1.82) is 5.26 Å². The van der Waals surface area contributed by atoms with Crippen molar-refractivity contribution >= 4 is 0 Å². The van der Waals surface area contributed by atoms with Crippen LogP contribution in [0.25, 0.3) is 11.4 Å². The first-order valence-electron chi connectivity index (χ1n) is 3.69. The predicted molar refractivity (Wildman–Crippen MR) is 45.4 cm³/mol. The molecular formula is C9H5N4. The van der Waals surface area contributed by atoms with Crippen molar-refractivity contribution in [2.75, 3.05) is 0 Å². The van der Waals surface area contributed by atoms with E-state index in [2.05, 4.69) is 21.5 Å². The van der Waals surface area contributed by atoms with Crippen molar-refractivity contribution in [3.8, 4) is 17.5 Å². The van der Waals surface area contributed by atoms with Gasteiger partial charge in [0.1, 0.15) is 0 Å². The number of nitrogens with one attached hydrogen (secondary N) is 1. The third-order valence-corrected chi connectivity index (χ3v) is 1.66. The molecule has 0 atom stereocenters. The second kappa shape index (κ2) is 3.07. The molecule has 0 unspecified atom stereocenters. The first-order valence-corrected chi connectivity index (χ1v) is 3.69. The lowest BCUT2D eigenvalue weighted by Crippen LogP contribution is -1.81. The Labute approximate surface area is 74.9 Å². The molecule has 0 aliphatic rings. The quantitative estimate of drug-likeness (QED) is 0.696.